The lowest BCUT2D eigenvalue weighted by Crippen LogP contribution is -2.16. The molecule has 4 heteroatoms. The summed E-state index contributed by atoms with van der Waals surface area (Å²) in [5.74, 6) is 0.590. The molecule has 1 aromatic heterocycles. The number of carbonyl (C=O) groups excluding carboxylic acids is 1. The van der Waals surface area contributed by atoms with Gasteiger partial charge in [0, 0.05) is 11.0 Å². The van der Waals surface area contributed by atoms with Crippen molar-refractivity contribution >= 4 is 29.4 Å². The summed E-state index contributed by atoms with van der Waals surface area (Å²) in [6, 6.07) is 11.3. The fraction of sp³-hybridized carbons (Fsp3) is 0. The van der Waals surface area contributed by atoms with E-state index in [-0.39, 0.29) is 5.91 Å². The maximum absolute atomic E-state index is 11.8. The van der Waals surface area contributed by atoms with Crippen LogP contribution in [0.4, 0.5) is 5.69 Å². The van der Waals surface area contributed by atoms with Crippen LogP contribution in [0.25, 0.3) is 6.08 Å². The molecule has 3 rings (SSSR count). The Kier molecular flexibility index (Phi) is 2.49. The number of carbonyl (C=O) groups is 1. The van der Waals surface area contributed by atoms with E-state index in [4.69, 9.17) is 4.42 Å². The number of amides is 1. The SMILES string of the molecule is O=C1Nc2ccccc2S/C1=C/c1ccco1. The van der Waals surface area contributed by atoms with Crippen molar-refractivity contribution < 1.29 is 9.21 Å². The predicted molar refractivity (Wildman–Crippen MR) is 67.6 cm³/mol. The molecule has 0 bridgehead atoms. The van der Waals surface area contributed by atoms with Crippen molar-refractivity contribution in [1.82, 2.24) is 0 Å². The molecule has 2 heterocycles. The van der Waals surface area contributed by atoms with Crippen LogP contribution in [0.3, 0.4) is 0 Å². The Morgan fingerprint density at radius 2 is 2.06 bits per heavy atom. The molecule has 2 aromatic rings. The highest BCUT2D eigenvalue weighted by Gasteiger charge is 2.20. The summed E-state index contributed by atoms with van der Waals surface area (Å²) < 4.78 is 5.20. The Balaban J connectivity index is 1.97. The van der Waals surface area contributed by atoms with Crippen LogP contribution in [0, 0.1) is 0 Å². The zero-order valence-corrected chi connectivity index (χ0v) is 9.66. The summed E-state index contributed by atoms with van der Waals surface area (Å²) in [7, 11) is 0. The van der Waals surface area contributed by atoms with Crippen LogP contribution in [0.15, 0.2) is 56.9 Å². The van der Waals surface area contributed by atoms with Crippen molar-refractivity contribution in [3.05, 3.63) is 53.3 Å². The molecule has 0 radical (unpaired) electrons. The third-order valence-electron chi connectivity index (χ3n) is 2.40. The Bertz CT molecular complexity index is 587. The number of para-hydroxylation sites is 1. The lowest BCUT2D eigenvalue weighted by molar-refractivity contribution is -0.112. The van der Waals surface area contributed by atoms with Gasteiger partial charge in [0.2, 0.25) is 0 Å². The molecular weight excluding hydrogens is 234 g/mol. The number of furan rings is 1. The molecule has 0 spiro atoms. The van der Waals surface area contributed by atoms with Gasteiger partial charge in [-0.1, -0.05) is 23.9 Å². The standard InChI is InChI=1S/C13H9NO2S/c15-13-12(8-9-4-3-7-16-9)17-11-6-2-1-5-10(11)14-13/h1-8H,(H,14,15)/b12-8+. The van der Waals surface area contributed by atoms with Crippen molar-refractivity contribution in [3.8, 4) is 0 Å². The van der Waals surface area contributed by atoms with E-state index in [2.05, 4.69) is 5.32 Å². The second-order valence-electron chi connectivity index (χ2n) is 3.58. The molecule has 0 aliphatic carbocycles. The maximum Gasteiger partial charge on any atom is 0.262 e. The molecule has 0 saturated heterocycles. The lowest BCUT2D eigenvalue weighted by atomic mass is 10.3. The lowest BCUT2D eigenvalue weighted by Gasteiger charge is -2.17. The number of rotatable bonds is 1. The van der Waals surface area contributed by atoms with E-state index < -0.39 is 0 Å². The summed E-state index contributed by atoms with van der Waals surface area (Å²) >= 11 is 1.45. The molecule has 17 heavy (non-hydrogen) atoms. The predicted octanol–water partition coefficient (Wildman–Crippen LogP) is 3.36. The molecule has 1 amide bonds. The highest BCUT2D eigenvalue weighted by atomic mass is 32.2. The Hall–Kier alpha value is -1.94. The van der Waals surface area contributed by atoms with E-state index in [0.29, 0.717) is 10.7 Å². The smallest absolute Gasteiger partial charge is 0.262 e. The van der Waals surface area contributed by atoms with Gasteiger partial charge in [-0.25, -0.2) is 0 Å². The van der Waals surface area contributed by atoms with Crippen molar-refractivity contribution in [1.29, 1.82) is 0 Å². The van der Waals surface area contributed by atoms with Gasteiger partial charge in [-0.05, 0) is 24.3 Å². The zero-order chi connectivity index (χ0) is 11.7. The van der Waals surface area contributed by atoms with E-state index in [9.17, 15) is 4.79 Å². The summed E-state index contributed by atoms with van der Waals surface area (Å²) in [5.41, 5.74) is 0.860. The summed E-state index contributed by atoms with van der Waals surface area (Å²) in [4.78, 5) is 13.5. The largest absolute Gasteiger partial charge is 0.465 e. The van der Waals surface area contributed by atoms with E-state index in [1.807, 2.05) is 30.3 Å². The maximum atomic E-state index is 11.8. The molecule has 1 aliphatic heterocycles. The van der Waals surface area contributed by atoms with Crippen molar-refractivity contribution in [2.24, 2.45) is 0 Å². The van der Waals surface area contributed by atoms with Gasteiger partial charge in [0.1, 0.15) is 5.76 Å². The Morgan fingerprint density at radius 1 is 1.18 bits per heavy atom. The molecule has 0 atom stereocenters. The molecule has 0 saturated carbocycles. The van der Waals surface area contributed by atoms with Gasteiger partial charge in [-0.3, -0.25) is 4.79 Å². The van der Waals surface area contributed by atoms with Crippen LogP contribution in [-0.2, 0) is 4.79 Å². The highest BCUT2D eigenvalue weighted by molar-refractivity contribution is 8.04. The Labute approximate surface area is 103 Å². The summed E-state index contributed by atoms with van der Waals surface area (Å²) in [6.07, 6.45) is 3.33. The number of hydrogen-bond acceptors (Lipinski definition) is 3. The van der Waals surface area contributed by atoms with E-state index >= 15 is 0 Å². The van der Waals surface area contributed by atoms with Crippen LogP contribution >= 0.6 is 11.8 Å². The van der Waals surface area contributed by atoms with Crippen LogP contribution in [0.2, 0.25) is 0 Å². The number of nitrogens with one attached hydrogen (secondary N) is 1. The number of benzene rings is 1. The van der Waals surface area contributed by atoms with Gasteiger partial charge in [-0.15, -0.1) is 0 Å². The molecule has 3 nitrogen and oxygen atoms in total. The molecule has 0 unspecified atom stereocenters. The number of hydrogen-bond donors (Lipinski definition) is 1. The zero-order valence-electron chi connectivity index (χ0n) is 8.84. The van der Waals surface area contributed by atoms with Gasteiger partial charge < -0.3 is 9.73 Å². The third-order valence-corrected chi connectivity index (χ3v) is 3.49. The number of fused-ring (bicyclic) bond motifs is 1. The number of anilines is 1. The highest BCUT2D eigenvalue weighted by Crippen LogP contribution is 2.38. The minimum Gasteiger partial charge on any atom is -0.465 e. The molecule has 84 valence electrons. The fourth-order valence-corrected chi connectivity index (χ4v) is 2.54. The average Bonchev–Trinajstić information content (AvgIpc) is 2.83. The second kappa shape index (κ2) is 4.14. The first-order valence-corrected chi connectivity index (χ1v) is 5.98. The normalized spacial score (nSPS) is 16.7. The Morgan fingerprint density at radius 3 is 2.88 bits per heavy atom. The van der Waals surface area contributed by atoms with Gasteiger partial charge >= 0.3 is 0 Å². The van der Waals surface area contributed by atoms with Crippen LogP contribution in [0.1, 0.15) is 5.76 Å². The van der Waals surface area contributed by atoms with Crippen LogP contribution in [-0.4, -0.2) is 5.91 Å². The van der Waals surface area contributed by atoms with Crippen molar-refractivity contribution in [3.63, 3.8) is 0 Å². The van der Waals surface area contributed by atoms with E-state index in [1.54, 1.807) is 18.4 Å². The summed E-state index contributed by atoms with van der Waals surface area (Å²) in [6.45, 7) is 0. The second-order valence-corrected chi connectivity index (χ2v) is 4.66. The fourth-order valence-electron chi connectivity index (χ4n) is 1.61. The van der Waals surface area contributed by atoms with E-state index in [1.165, 1.54) is 11.8 Å². The van der Waals surface area contributed by atoms with Gasteiger partial charge in [-0.2, -0.15) is 0 Å². The van der Waals surface area contributed by atoms with Gasteiger partial charge in [0.05, 0.1) is 16.9 Å². The van der Waals surface area contributed by atoms with Gasteiger partial charge in [0.15, 0.2) is 0 Å². The monoisotopic (exact) mass is 243 g/mol. The molecular formula is C13H9NO2S. The molecule has 0 fully saturated rings. The first-order chi connectivity index (χ1) is 8.33. The first kappa shape index (κ1) is 10.2. The van der Waals surface area contributed by atoms with Gasteiger partial charge in [0.25, 0.3) is 5.91 Å². The number of thioether (sulfide) groups is 1. The average molecular weight is 243 g/mol. The van der Waals surface area contributed by atoms with Crippen LogP contribution in [0.5, 0.6) is 0 Å². The van der Waals surface area contributed by atoms with Crippen molar-refractivity contribution in [2.75, 3.05) is 5.32 Å². The van der Waals surface area contributed by atoms with Crippen LogP contribution < -0.4 is 5.32 Å². The quantitative estimate of drug-likeness (QED) is 0.781. The van der Waals surface area contributed by atoms with Crippen molar-refractivity contribution in [2.45, 2.75) is 4.90 Å². The molecule has 1 N–H and O–H groups in total. The minimum absolute atomic E-state index is 0.0925. The summed E-state index contributed by atoms with van der Waals surface area (Å²) in [5, 5.41) is 2.85. The minimum atomic E-state index is -0.0925. The first-order valence-electron chi connectivity index (χ1n) is 5.16. The topological polar surface area (TPSA) is 42.2 Å². The molecule has 1 aliphatic rings. The van der Waals surface area contributed by atoms with E-state index in [0.717, 1.165) is 10.6 Å². The third kappa shape index (κ3) is 1.99. The molecule has 1 aromatic carbocycles.